The first kappa shape index (κ1) is 61.7. The van der Waals surface area contributed by atoms with Gasteiger partial charge in [0.1, 0.15) is 18.1 Å². The number of amides is 5. The molecule has 3 aromatic rings. The van der Waals surface area contributed by atoms with E-state index in [1.807, 2.05) is 53.4 Å². The molecule has 2 saturated carbocycles. The van der Waals surface area contributed by atoms with E-state index in [9.17, 15) is 73.5 Å². The van der Waals surface area contributed by atoms with E-state index in [2.05, 4.69) is 32.7 Å². The van der Waals surface area contributed by atoms with Crippen molar-refractivity contribution in [3.05, 3.63) is 60.2 Å². The Morgan fingerprint density at radius 3 is 1.56 bits per heavy atom. The van der Waals surface area contributed by atoms with Gasteiger partial charge < -0.3 is 57.2 Å². The minimum atomic E-state index is -1.43. The minimum Gasteiger partial charge on any atom is -0.481 e. The number of hydrogen-bond donors (Lipinski definition) is 11. The molecule has 2 aliphatic carbocycles. The first-order valence-corrected chi connectivity index (χ1v) is 27.3. The molecule has 1 saturated heterocycles. The molecule has 25 nitrogen and oxygen atoms in total. The summed E-state index contributed by atoms with van der Waals surface area (Å²) in [6.45, 7) is 1.72. The molecule has 0 unspecified atom stereocenters. The number of aliphatic carboxylic acids is 6. The average molecular weight is 1120 g/mol. The van der Waals surface area contributed by atoms with Crippen LogP contribution in [-0.4, -0.2) is 220 Å². The fraction of sp³-hybridized carbons (Fsp3) is 0.564. The third-order valence-electron chi connectivity index (χ3n) is 15.4. The number of fused-ring (bicyclic) bond motifs is 2. The van der Waals surface area contributed by atoms with Crippen LogP contribution in [0, 0.1) is 23.7 Å². The van der Waals surface area contributed by atoms with Gasteiger partial charge in [-0.05, 0) is 102 Å². The van der Waals surface area contributed by atoms with Crippen LogP contribution in [0.4, 0.5) is 4.79 Å². The largest absolute Gasteiger partial charge is 0.481 e. The van der Waals surface area contributed by atoms with Gasteiger partial charge in [0.25, 0.3) is 0 Å². The highest BCUT2D eigenvalue weighted by Gasteiger charge is 2.47. The van der Waals surface area contributed by atoms with E-state index in [0.29, 0.717) is 58.2 Å². The van der Waals surface area contributed by atoms with Gasteiger partial charge in [0.2, 0.25) is 17.7 Å². The molecule has 0 radical (unpaired) electrons. The lowest BCUT2D eigenvalue weighted by Crippen LogP contribution is -2.52. The van der Waals surface area contributed by atoms with Crippen LogP contribution in [0.2, 0.25) is 0 Å². The van der Waals surface area contributed by atoms with Crippen molar-refractivity contribution in [1.29, 1.82) is 0 Å². The lowest BCUT2D eigenvalue weighted by molar-refractivity contribution is -0.141. The van der Waals surface area contributed by atoms with Crippen LogP contribution in [0.25, 0.3) is 21.5 Å². The Balaban J connectivity index is 1.05. The molecule has 1 aliphatic heterocycles. The summed E-state index contributed by atoms with van der Waals surface area (Å²) in [4.78, 5) is 131. The van der Waals surface area contributed by atoms with Crippen LogP contribution < -0.4 is 26.6 Å². The third kappa shape index (κ3) is 19.7. The maximum atomic E-state index is 14.3. The second-order valence-electron chi connectivity index (χ2n) is 21.2. The van der Waals surface area contributed by atoms with Crippen molar-refractivity contribution in [2.75, 3.05) is 91.6 Å². The number of nitrogens with zero attached hydrogens (tertiary/aromatic N) is 4. The molecule has 11 N–H and O–H groups in total. The normalized spacial score (nSPS) is 20.9. The van der Waals surface area contributed by atoms with Gasteiger partial charge in [0, 0.05) is 84.2 Å². The molecule has 3 fully saturated rings. The van der Waals surface area contributed by atoms with Gasteiger partial charge in [-0.15, -0.1) is 0 Å². The summed E-state index contributed by atoms with van der Waals surface area (Å²) in [5.74, 6) is -9.12. The van der Waals surface area contributed by atoms with Crippen molar-refractivity contribution in [3.8, 4) is 0 Å². The molecule has 3 aromatic carbocycles. The quantitative estimate of drug-likeness (QED) is 0.0475. The van der Waals surface area contributed by atoms with Crippen molar-refractivity contribution in [3.63, 3.8) is 0 Å². The molecular weight excluding hydrogens is 1040 g/mol. The molecule has 0 aromatic heterocycles. The van der Waals surface area contributed by atoms with Gasteiger partial charge in [0.05, 0.1) is 26.2 Å². The number of carboxylic acid groups (broad SMARTS) is 6. The second-order valence-corrected chi connectivity index (χ2v) is 21.2. The van der Waals surface area contributed by atoms with Crippen LogP contribution in [0.15, 0.2) is 54.6 Å². The first-order valence-electron chi connectivity index (χ1n) is 27.3. The fourth-order valence-electron chi connectivity index (χ4n) is 10.9. The topological polar surface area (TPSA) is 365 Å². The third-order valence-corrected chi connectivity index (χ3v) is 15.4. The fourth-order valence-corrected chi connectivity index (χ4v) is 10.9. The highest BCUT2D eigenvalue weighted by atomic mass is 16.4. The Morgan fingerprint density at radius 2 is 1.07 bits per heavy atom. The van der Waals surface area contributed by atoms with Gasteiger partial charge in [-0.2, -0.15) is 0 Å². The number of rotatable bonds is 27. The molecule has 5 amide bonds. The molecule has 80 heavy (non-hydrogen) atoms. The summed E-state index contributed by atoms with van der Waals surface area (Å²) in [5.41, 5.74) is 0.869. The summed E-state index contributed by atoms with van der Waals surface area (Å²) in [6, 6.07) is 12.8. The van der Waals surface area contributed by atoms with Crippen LogP contribution in [0.3, 0.4) is 0 Å². The van der Waals surface area contributed by atoms with Crippen LogP contribution in [-0.2, 0) is 49.6 Å². The van der Waals surface area contributed by atoms with E-state index in [-0.39, 0.29) is 121 Å². The lowest BCUT2D eigenvalue weighted by Gasteiger charge is -2.33. The first-order chi connectivity index (χ1) is 38.2. The van der Waals surface area contributed by atoms with Crippen LogP contribution >= 0.6 is 0 Å². The molecule has 25 heteroatoms. The SMILES string of the molecule is O=C(O)CCC[C@H](NC(=O)N[C@H](C(=O)O)[C@H]1C[C@@H]1CCNC(=O)[C@H](Cc1c2ccccc2cc2ccccc12)NC(=O)C1CCC(CNC(=O)CN2CCN(CC(=O)O)CCN(CC(=O)O)CCN(CC(=O)O)CC2)CC1)C(=O)O. The molecule has 3 aliphatic rings. The zero-order chi connectivity index (χ0) is 57.9. The maximum absolute atomic E-state index is 14.3. The minimum absolute atomic E-state index is 0.0213. The summed E-state index contributed by atoms with van der Waals surface area (Å²) in [5, 5.41) is 74.4. The summed E-state index contributed by atoms with van der Waals surface area (Å²) < 4.78 is 0. The molecule has 1 heterocycles. The highest BCUT2D eigenvalue weighted by Crippen LogP contribution is 2.43. The Hall–Kier alpha value is -7.48. The maximum Gasteiger partial charge on any atom is 0.326 e. The smallest absolute Gasteiger partial charge is 0.326 e. The van der Waals surface area contributed by atoms with Crippen molar-refractivity contribution in [2.24, 2.45) is 23.7 Å². The monoisotopic (exact) mass is 1120 g/mol. The number of benzene rings is 3. The van der Waals surface area contributed by atoms with Crippen LogP contribution in [0.5, 0.6) is 0 Å². The zero-order valence-electron chi connectivity index (χ0n) is 44.8. The van der Waals surface area contributed by atoms with Gasteiger partial charge in [0.15, 0.2) is 0 Å². The summed E-state index contributed by atoms with van der Waals surface area (Å²) >= 11 is 0. The van der Waals surface area contributed by atoms with Crippen molar-refractivity contribution >= 4 is 81.1 Å². The number of carbonyl (C=O) groups excluding carboxylic acids is 4. The van der Waals surface area contributed by atoms with E-state index in [1.54, 1.807) is 14.7 Å². The predicted molar refractivity (Wildman–Crippen MR) is 289 cm³/mol. The lowest BCUT2D eigenvalue weighted by atomic mass is 9.81. The Labute approximate surface area is 462 Å². The van der Waals surface area contributed by atoms with Crippen LogP contribution in [0.1, 0.15) is 63.4 Å². The van der Waals surface area contributed by atoms with E-state index in [0.717, 1.165) is 27.1 Å². The molecule has 0 bridgehead atoms. The number of nitrogens with one attached hydrogen (secondary N) is 5. The molecule has 436 valence electrons. The zero-order valence-corrected chi connectivity index (χ0v) is 44.8. The van der Waals surface area contributed by atoms with Gasteiger partial charge in [-0.1, -0.05) is 48.5 Å². The Morgan fingerprint density at radius 1 is 0.562 bits per heavy atom. The summed E-state index contributed by atoms with van der Waals surface area (Å²) in [7, 11) is 0. The van der Waals surface area contributed by atoms with Crippen molar-refractivity contribution in [1.82, 2.24) is 46.2 Å². The summed E-state index contributed by atoms with van der Waals surface area (Å²) in [6.07, 6.45) is 2.62. The molecular formula is C55H75N9O16. The Kier molecular flexibility index (Phi) is 23.3. The molecule has 5 atom stereocenters. The highest BCUT2D eigenvalue weighted by molar-refractivity contribution is 6.03. The van der Waals surface area contributed by atoms with E-state index in [1.165, 1.54) is 0 Å². The number of carbonyl (C=O) groups is 10. The standard InChI is InChI=1S/C55H75N9O16/c65-45(30-61-18-20-62(31-47(68)69)22-24-64(33-49(72)73)25-23-63(21-19-61)32-48(70)71)57-29-34-12-14-35(15-13-34)51(74)58-44(28-42-39-8-3-1-6-36(39)26-37-7-2-4-9-40(37)42)52(75)56-17-16-38-27-41(38)50(54(78)79)60-55(80)59-43(53(76)77)10-5-11-46(66)67/h1-4,6-9,26,34-35,38,41,43-44,50H,5,10-25,27-33H2,(H,56,75)(H,57,65)(H,58,74)(H,66,67)(H,68,69)(H,70,71)(H,72,73)(H,76,77)(H,78,79)(H2,59,60,80)/t34?,35?,38-,41-,43-,44-,50-/m0/s1. The van der Waals surface area contributed by atoms with E-state index in [4.69, 9.17) is 5.11 Å². The van der Waals surface area contributed by atoms with Gasteiger partial charge in [-0.3, -0.25) is 53.2 Å². The average Bonchev–Trinajstić information content (AvgIpc) is 4.24. The predicted octanol–water partition coefficient (Wildman–Crippen LogP) is 1.02. The molecule has 6 rings (SSSR count). The van der Waals surface area contributed by atoms with E-state index < -0.39 is 77.7 Å². The number of carboxylic acids is 6. The van der Waals surface area contributed by atoms with Gasteiger partial charge >= 0.3 is 41.8 Å². The second kappa shape index (κ2) is 30.2. The van der Waals surface area contributed by atoms with Crippen molar-refractivity contribution in [2.45, 2.75) is 82.3 Å². The number of hydrogen-bond acceptors (Lipinski definition) is 14. The van der Waals surface area contributed by atoms with E-state index >= 15 is 0 Å². The Bertz CT molecular complexity index is 2620. The molecule has 0 spiro atoms. The van der Waals surface area contributed by atoms with Gasteiger partial charge in [-0.25, -0.2) is 14.4 Å². The van der Waals surface area contributed by atoms with Crippen molar-refractivity contribution < 1.29 is 78.6 Å². The number of urea groups is 1.